The molecule has 2 aliphatic heterocycles. The lowest BCUT2D eigenvalue weighted by atomic mass is 9.85. The molecule has 0 aromatic carbocycles. The van der Waals surface area contributed by atoms with Crippen LogP contribution in [0.1, 0.15) is 38.5 Å². The van der Waals surface area contributed by atoms with E-state index in [2.05, 4.69) is 14.5 Å². The lowest BCUT2D eigenvalue weighted by Crippen LogP contribution is -2.52. The Morgan fingerprint density at radius 2 is 1.86 bits per heavy atom. The zero-order valence-corrected chi connectivity index (χ0v) is 16.8. The van der Waals surface area contributed by atoms with Gasteiger partial charge in [-0.3, -0.25) is 14.8 Å². The van der Waals surface area contributed by atoms with Gasteiger partial charge in [-0.05, 0) is 52.6 Å². The molecule has 3 N–H and O–H groups in total. The quantitative estimate of drug-likeness (QED) is 0.329. The SMILES string of the molecule is CN(C)C1CCC(C(=O)NC(=N)C2CCC3CN2C(=O)N3OS(=O)(=O)O)CC1. The van der Waals surface area contributed by atoms with E-state index in [1.165, 1.54) is 4.90 Å². The van der Waals surface area contributed by atoms with Gasteiger partial charge in [0.15, 0.2) is 0 Å². The first-order chi connectivity index (χ1) is 13.1. The van der Waals surface area contributed by atoms with Crippen molar-refractivity contribution in [2.24, 2.45) is 5.92 Å². The van der Waals surface area contributed by atoms with Gasteiger partial charge in [0.25, 0.3) is 0 Å². The Morgan fingerprint density at radius 3 is 2.43 bits per heavy atom. The summed E-state index contributed by atoms with van der Waals surface area (Å²) in [6.07, 6.45) is 4.16. The summed E-state index contributed by atoms with van der Waals surface area (Å²) in [7, 11) is -0.756. The van der Waals surface area contributed by atoms with Crippen LogP contribution in [0.4, 0.5) is 4.79 Å². The van der Waals surface area contributed by atoms with Gasteiger partial charge in [0.2, 0.25) is 5.91 Å². The number of carbonyl (C=O) groups is 2. The summed E-state index contributed by atoms with van der Waals surface area (Å²) >= 11 is 0. The molecule has 2 saturated heterocycles. The van der Waals surface area contributed by atoms with Gasteiger partial charge < -0.3 is 15.1 Å². The minimum Gasteiger partial charge on any atom is -0.313 e. The Bertz CT molecular complexity index is 749. The fraction of sp³-hybridized carbons (Fsp3) is 0.812. The number of nitrogens with one attached hydrogen (secondary N) is 2. The number of rotatable bonds is 5. The maximum absolute atomic E-state index is 12.6. The number of hydrogen-bond donors (Lipinski definition) is 3. The maximum atomic E-state index is 12.6. The molecule has 158 valence electrons. The Balaban J connectivity index is 1.57. The molecule has 28 heavy (non-hydrogen) atoms. The third-order valence-corrected chi connectivity index (χ3v) is 6.24. The van der Waals surface area contributed by atoms with Crippen LogP contribution in [-0.4, -0.2) is 84.4 Å². The van der Waals surface area contributed by atoms with Crippen LogP contribution < -0.4 is 5.32 Å². The van der Waals surface area contributed by atoms with Crippen molar-refractivity contribution in [3.05, 3.63) is 0 Å². The van der Waals surface area contributed by atoms with Crippen molar-refractivity contribution >= 4 is 28.2 Å². The second-order valence-corrected chi connectivity index (χ2v) is 8.89. The van der Waals surface area contributed by atoms with Crippen molar-refractivity contribution in [3.8, 4) is 0 Å². The Morgan fingerprint density at radius 1 is 1.21 bits per heavy atom. The molecule has 3 aliphatic rings. The molecule has 2 unspecified atom stereocenters. The minimum absolute atomic E-state index is 0.0692. The molecule has 1 saturated carbocycles. The van der Waals surface area contributed by atoms with Crippen LogP contribution in [0.5, 0.6) is 0 Å². The van der Waals surface area contributed by atoms with Crippen LogP contribution in [-0.2, 0) is 19.5 Å². The van der Waals surface area contributed by atoms with Gasteiger partial charge in [-0.1, -0.05) is 0 Å². The predicted octanol–water partition coefficient (Wildman–Crippen LogP) is 0.203. The molecule has 0 radical (unpaired) electrons. The Labute approximate surface area is 164 Å². The summed E-state index contributed by atoms with van der Waals surface area (Å²) in [5.74, 6) is -0.427. The summed E-state index contributed by atoms with van der Waals surface area (Å²) in [6.45, 7) is 0.172. The van der Waals surface area contributed by atoms with Crippen molar-refractivity contribution in [2.45, 2.75) is 56.7 Å². The van der Waals surface area contributed by atoms with Gasteiger partial charge in [0, 0.05) is 18.5 Å². The van der Waals surface area contributed by atoms with Crippen LogP contribution in [0.15, 0.2) is 0 Å². The van der Waals surface area contributed by atoms with E-state index in [0.717, 1.165) is 25.7 Å². The van der Waals surface area contributed by atoms with Crippen molar-refractivity contribution in [1.82, 2.24) is 20.2 Å². The van der Waals surface area contributed by atoms with Gasteiger partial charge in [-0.25, -0.2) is 4.79 Å². The topological polar surface area (TPSA) is 143 Å². The molecule has 2 heterocycles. The number of amidine groups is 1. The Kier molecular flexibility index (Phi) is 5.94. The molecule has 12 heteroatoms. The van der Waals surface area contributed by atoms with E-state index in [9.17, 15) is 18.0 Å². The third kappa shape index (κ3) is 4.45. The molecule has 0 aromatic heterocycles. The fourth-order valence-corrected chi connectivity index (χ4v) is 4.69. The zero-order valence-electron chi connectivity index (χ0n) is 16.0. The van der Waals surface area contributed by atoms with E-state index < -0.39 is 28.5 Å². The molecule has 3 amide bonds. The monoisotopic (exact) mass is 417 g/mol. The summed E-state index contributed by atoms with van der Waals surface area (Å²) in [5.41, 5.74) is 0. The van der Waals surface area contributed by atoms with Crippen LogP contribution >= 0.6 is 0 Å². The van der Waals surface area contributed by atoms with Crippen molar-refractivity contribution in [1.29, 1.82) is 5.41 Å². The molecule has 1 aliphatic carbocycles. The number of amides is 3. The largest absolute Gasteiger partial charge is 0.418 e. The number of piperidine rings is 1. The third-order valence-electron chi connectivity index (χ3n) is 5.89. The van der Waals surface area contributed by atoms with Crippen LogP contribution in [0.2, 0.25) is 0 Å². The molecule has 0 spiro atoms. The maximum Gasteiger partial charge on any atom is 0.418 e. The molecular weight excluding hydrogens is 390 g/mol. The molecule has 2 bridgehead atoms. The van der Waals surface area contributed by atoms with Gasteiger partial charge in [0.05, 0.1) is 12.1 Å². The second kappa shape index (κ2) is 7.93. The smallest absolute Gasteiger partial charge is 0.313 e. The number of nitrogens with zero attached hydrogens (tertiary/aromatic N) is 3. The van der Waals surface area contributed by atoms with E-state index >= 15 is 0 Å². The number of hydroxylamine groups is 2. The van der Waals surface area contributed by atoms with E-state index in [4.69, 9.17) is 9.96 Å². The summed E-state index contributed by atoms with van der Waals surface area (Å²) in [4.78, 5) is 28.4. The molecule has 2 atom stereocenters. The van der Waals surface area contributed by atoms with E-state index in [0.29, 0.717) is 23.9 Å². The minimum atomic E-state index is -4.81. The molecule has 0 aromatic rings. The van der Waals surface area contributed by atoms with Crippen LogP contribution in [0.25, 0.3) is 0 Å². The number of carbonyl (C=O) groups excluding carboxylic acids is 2. The average Bonchev–Trinajstić information content (AvgIpc) is 2.85. The molecule has 3 fully saturated rings. The van der Waals surface area contributed by atoms with Gasteiger partial charge in [-0.2, -0.15) is 13.5 Å². The molecular formula is C16H27N5O6S. The molecule has 3 rings (SSSR count). The molecule has 11 nitrogen and oxygen atoms in total. The summed E-state index contributed by atoms with van der Waals surface area (Å²) in [5, 5.41) is 11.5. The standard InChI is InChI=1S/C16H27N5O6S/c1-19(2)11-5-3-10(4-6-11)15(22)18-14(17)13-8-7-12-9-20(13)16(23)21(12)27-28(24,25)26/h10-13H,3-9H2,1-2H3,(H2,17,18,22)(H,24,25,26). The van der Waals surface area contributed by atoms with Gasteiger partial charge in [0.1, 0.15) is 5.84 Å². The normalized spacial score (nSPS) is 30.6. The highest BCUT2D eigenvalue weighted by Gasteiger charge is 2.48. The average molecular weight is 417 g/mol. The summed E-state index contributed by atoms with van der Waals surface area (Å²) in [6, 6.07) is -1.44. The highest BCUT2D eigenvalue weighted by molar-refractivity contribution is 7.80. The number of fused-ring (bicyclic) bond motifs is 2. The number of urea groups is 1. The summed E-state index contributed by atoms with van der Waals surface area (Å²) < 4.78 is 35.1. The van der Waals surface area contributed by atoms with Gasteiger partial charge >= 0.3 is 16.4 Å². The Hall–Kier alpha value is -1.76. The van der Waals surface area contributed by atoms with Crippen LogP contribution in [0.3, 0.4) is 0 Å². The zero-order chi connectivity index (χ0) is 20.6. The lowest BCUT2D eigenvalue weighted by Gasteiger charge is -2.33. The predicted molar refractivity (Wildman–Crippen MR) is 98.7 cm³/mol. The van der Waals surface area contributed by atoms with Crippen molar-refractivity contribution in [2.75, 3.05) is 20.6 Å². The van der Waals surface area contributed by atoms with E-state index in [-0.39, 0.29) is 24.2 Å². The van der Waals surface area contributed by atoms with Crippen molar-refractivity contribution < 1.29 is 26.8 Å². The second-order valence-electron chi connectivity index (χ2n) is 7.88. The van der Waals surface area contributed by atoms with Crippen molar-refractivity contribution in [3.63, 3.8) is 0 Å². The fourth-order valence-electron chi connectivity index (χ4n) is 4.30. The first kappa shape index (κ1) is 21.0. The van der Waals surface area contributed by atoms with E-state index in [1.807, 2.05) is 14.1 Å². The van der Waals surface area contributed by atoms with E-state index in [1.54, 1.807) is 0 Å². The highest BCUT2D eigenvalue weighted by Crippen LogP contribution is 2.31. The number of hydrogen-bond acceptors (Lipinski definition) is 7. The van der Waals surface area contributed by atoms with Crippen LogP contribution in [0, 0.1) is 11.3 Å². The first-order valence-corrected chi connectivity index (χ1v) is 10.8. The van der Waals surface area contributed by atoms with Gasteiger partial charge in [-0.15, -0.1) is 4.28 Å². The first-order valence-electron chi connectivity index (χ1n) is 9.39. The highest BCUT2D eigenvalue weighted by atomic mass is 32.3. The lowest BCUT2D eigenvalue weighted by molar-refractivity contribution is -0.124.